The van der Waals surface area contributed by atoms with Crippen LogP contribution in [0.4, 0.5) is 0 Å². The highest BCUT2D eigenvalue weighted by Gasteiger charge is 2.41. The molecule has 1 fully saturated rings. The van der Waals surface area contributed by atoms with E-state index in [0.717, 1.165) is 18.7 Å². The number of aromatic nitrogens is 1. The number of hydrogen-bond acceptors (Lipinski definition) is 4. The van der Waals surface area contributed by atoms with Gasteiger partial charge in [-0.2, -0.15) is 5.26 Å². The standard InChI is InChI=1S/C13H17N3O/c1-17-12-3-2-11(9-16-12)8-15-10-13(4-5-13)6-7-14/h2-3,9,15H,4-6,8,10H2,1H3. The Kier molecular flexibility index (Phi) is 3.60. The van der Waals surface area contributed by atoms with Crippen LogP contribution in [-0.2, 0) is 6.54 Å². The highest BCUT2D eigenvalue weighted by atomic mass is 16.5. The first-order valence-electron chi connectivity index (χ1n) is 5.85. The van der Waals surface area contributed by atoms with Gasteiger partial charge in [0.05, 0.1) is 13.2 Å². The van der Waals surface area contributed by atoms with Crippen LogP contribution < -0.4 is 10.1 Å². The number of ether oxygens (including phenoxy) is 1. The summed E-state index contributed by atoms with van der Waals surface area (Å²) < 4.78 is 5.00. The molecule has 0 unspecified atom stereocenters. The lowest BCUT2D eigenvalue weighted by molar-refractivity contribution is 0.397. The van der Waals surface area contributed by atoms with Gasteiger partial charge in [-0.3, -0.25) is 0 Å². The van der Waals surface area contributed by atoms with Crippen LogP contribution in [0.15, 0.2) is 18.3 Å². The zero-order chi connectivity index (χ0) is 12.1. The Labute approximate surface area is 102 Å². The number of nitrogens with one attached hydrogen (secondary N) is 1. The maximum Gasteiger partial charge on any atom is 0.212 e. The van der Waals surface area contributed by atoms with Crippen LogP contribution in [0.3, 0.4) is 0 Å². The zero-order valence-electron chi connectivity index (χ0n) is 10.1. The molecule has 0 aromatic carbocycles. The second kappa shape index (κ2) is 5.15. The minimum Gasteiger partial charge on any atom is -0.481 e. The Bertz CT molecular complexity index is 404. The summed E-state index contributed by atoms with van der Waals surface area (Å²) in [6, 6.07) is 6.13. The van der Waals surface area contributed by atoms with Gasteiger partial charge in [-0.25, -0.2) is 4.98 Å². The van der Waals surface area contributed by atoms with Crippen molar-refractivity contribution in [1.82, 2.24) is 10.3 Å². The number of hydrogen-bond donors (Lipinski definition) is 1. The molecule has 90 valence electrons. The summed E-state index contributed by atoms with van der Waals surface area (Å²) in [5.74, 6) is 0.636. The second-order valence-electron chi connectivity index (χ2n) is 4.65. The van der Waals surface area contributed by atoms with E-state index in [-0.39, 0.29) is 5.41 Å². The average Bonchev–Trinajstić information content (AvgIpc) is 3.11. The zero-order valence-corrected chi connectivity index (χ0v) is 10.1. The van der Waals surface area contributed by atoms with Gasteiger partial charge < -0.3 is 10.1 Å². The Hall–Kier alpha value is -1.60. The smallest absolute Gasteiger partial charge is 0.212 e. The van der Waals surface area contributed by atoms with Crippen molar-refractivity contribution in [2.24, 2.45) is 5.41 Å². The van der Waals surface area contributed by atoms with Crippen LogP contribution in [-0.4, -0.2) is 18.6 Å². The lowest BCUT2D eigenvalue weighted by atomic mass is 10.0. The highest BCUT2D eigenvalue weighted by Crippen LogP contribution is 2.47. The Morgan fingerprint density at radius 1 is 1.53 bits per heavy atom. The maximum absolute atomic E-state index is 8.71. The van der Waals surface area contributed by atoms with Gasteiger partial charge in [0.2, 0.25) is 5.88 Å². The van der Waals surface area contributed by atoms with Crippen LogP contribution >= 0.6 is 0 Å². The van der Waals surface area contributed by atoms with E-state index in [4.69, 9.17) is 10.00 Å². The lowest BCUT2D eigenvalue weighted by Crippen LogP contribution is -2.23. The molecule has 0 saturated heterocycles. The first kappa shape index (κ1) is 11.9. The minimum absolute atomic E-state index is 0.259. The molecular weight excluding hydrogens is 214 g/mol. The third-order valence-corrected chi connectivity index (χ3v) is 3.25. The second-order valence-corrected chi connectivity index (χ2v) is 4.65. The Balaban J connectivity index is 1.76. The van der Waals surface area contributed by atoms with Crippen molar-refractivity contribution in [2.45, 2.75) is 25.8 Å². The van der Waals surface area contributed by atoms with E-state index in [9.17, 15) is 0 Å². The number of rotatable bonds is 6. The van der Waals surface area contributed by atoms with Gasteiger partial charge in [0, 0.05) is 31.8 Å². The molecule has 4 heteroatoms. The third kappa shape index (κ3) is 3.18. The van der Waals surface area contributed by atoms with Gasteiger partial charge in [-0.05, 0) is 23.8 Å². The quantitative estimate of drug-likeness (QED) is 0.812. The van der Waals surface area contributed by atoms with E-state index in [1.807, 2.05) is 18.3 Å². The topological polar surface area (TPSA) is 57.9 Å². The van der Waals surface area contributed by atoms with Crippen molar-refractivity contribution in [3.8, 4) is 11.9 Å². The molecule has 1 aromatic heterocycles. The largest absolute Gasteiger partial charge is 0.481 e. The molecule has 1 N–H and O–H groups in total. The lowest BCUT2D eigenvalue weighted by Gasteiger charge is -2.12. The number of methoxy groups -OCH3 is 1. The molecule has 1 heterocycles. The van der Waals surface area contributed by atoms with Crippen molar-refractivity contribution in [3.05, 3.63) is 23.9 Å². The van der Waals surface area contributed by atoms with Gasteiger partial charge in [0.25, 0.3) is 0 Å². The first-order chi connectivity index (χ1) is 8.28. The third-order valence-electron chi connectivity index (χ3n) is 3.25. The van der Waals surface area contributed by atoms with E-state index in [0.29, 0.717) is 12.3 Å². The molecule has 2 rings (SSSR count). The van der Waals surface area contributed by atoms with E-state index < -0.39 is 0 Å². The molecule has 0 amide bonds. The Morgan fingerprint density at radius 2 is 2.35 bits per heavy atom. The van der Waals surface area contributed by atoms with Crippen molar-refractivity contribution in [3.63, 3.8) is 0 Å². The predicted molar refractivity (Wildman–Crippen MR) is 64.4 cm³/mol. The fraction of sp³-hybridized carbons (Fsp3) is 0.538. The molecule has 1 aliphatic rings. The normalized spacial score (nSPS) is 16.2. The van der Waals surface area contributed by atoms with E-state index >= 15 is 0 Å². The fourth-order valence-electron chi connectivity index (χ4n) is 1.87. The van der Waals surface area contributed by atoms with E-state index in [1.165, 1.54) is 12.8 Å². The molecule has 1 aromatic rings. The first-order valence-corrected chi connectivity index (χ1v) is 5.85. The molecule has 4 nitrogen and oxygen atoms in total. The molecule has 1 saturated carbocycles. The van der Waals surface area contributed by atoms with Crippen molar-refractivity contribution in [1.29, 1.82) is 5.26 Å². The number of nitrogens with zero attached hydrogens (tertiary/aromatic N) is 2. The maximum atomic E-state index is 8.71. The van der Waals surface area contributed by atoms with Crippen molar-refractivity contribution >= 4 is 0 Å². The van der Waals surface area contributed by atoms with Crippen LogP contribution in [0.2, 0.25) is 0 Å². The van der Waals surface area contributed by atoms with Crippen LogP contribution in [0.25, 0.3) is 0 Å². The van der Waals surface area contributed by atoms with Crippen LogP contribution in [0.5, 0.6) is 5.88 Å². The van der Waals surface area contributed by atoms with Crippen molar-refractivity contribution < 1.29 is 4.74 Å². The van der Waals surface area contributed by atoms with Gasteiger partial charge in [0.15, 0.2) is 0 Å². The monoisotopic (exact) mass is 231 g/mol. The van der Waals surface area contributed by atoms with E-state index in [2.05, 4.69) is 16.4 Å². The van der Waals surface area contributed by atoms with Crippen molar-refractivity contribution in [2.75, 3.05) is 13.7 Å². The minimum atomic E-state index is 0.259. The molecule has 0 spiro atoms. The molecule has 1 aliphatic carbocycles. The fourth-order valence-corrected chi connectivity index (χ4v) is 1.87. The summed E-state index contributed by atoms with van der Waals surface area (Å²) in [6.45, 7) is 1.72. The summed E-state index contributed by atoms with van der Waals surface area (Å²) in [7, 11) is 1.61. The van der Waals surface area contributed by atoms with Crippen LogP contribution in [0.1, 0.15) is 24.8 Å². The number of nitriles is 1. The molecule has 0 bridgehead atoms. The van der Waals surface area contributed by atoms with Crippen LogP contribution in [0, 0.1) is 16.7 Å². The van der Waals surface area contributed by atoms with Gasteiger partial charge in [-0.15, -0.1) is 0 Å². The highest BCUT2D eigenvalue weighted by molar-refractivity contribution is 5.17. The SMILES string of the molecule is COc1ccc(CNCC2(CC#N)CC2)cn1. The van der Waals surface area contributed by atoms with E-state index in [1.54, 1.807) is 7.11 Å². The summed E-state index contributed by atoms with van der Waals surface area (Å²) in [5, 5.41) is 12.1. The number of pyridine rings is 1. The summed E-state index contributed by atoms with van der Waals surface area (Å²) in [6.07, 6.45) is 4.83. The molecule has 17 heavy (non-hydrogen) atoms. The molecule has 0 aliphatic heterocycles. The molecule has 0 radical (unpaired) electrons. The summed E-state index contributed by atoms with van der Waals surface area (Å²) in [5.41, 5.74) is 1.40. The van der Waals surface area contributed by atoms with Gasteiger partial charge >= 0.3 is 0 Å². The van der Waals surface area contributed by atoms with Gasteiger partial charge in [0.1, 0.15) is 0 Å². The Morgan fingerprint density at radius 3 is 2.88 bits per heavy atom. The summed E-state index contributed by atoms with van der Waals surface area (Å²) >= 11 is 0. The predicted octanol–water partition coefficient (Wildman–Crippen LogP) is 1.87. The molecule has 0 atom stereocenters. The average molecular weight is 231 g/mol. The van der Waals surface area contributed by atoms with Gasteiger partial charge in [-0.1, -0.05) is 6.07 Å². The summed E-state index contributed by atoms with van der Waals surface area (Å²) in [4.78, 5) is 4.15. The molecular formula is C13H17N3O.